The zero-order chi connectivity index (χ0) is 14.0. The highest BCUT2D eigenvalue weighted by atomic mass is 32.2. The molecular formula is C8H24B4N4S2. The van der Waals surface area contributed by atoms with Crippen molar-refractivity contribution in [1.82, 2.24) is 19.2 Å². The predicted octanol–water partition coefficient (Wildman–Crippen LogP) is -0.178. The number of hydrogen-bond donors (Lipinski definition) is 0. The van der Waals surface area contributed by atoms with Crippen LogP contribution in [0.25, 0.3) is 0 Å². The highest BCUT2D eigenvalue weighted by Crippen LogP contribution is 2.35. The van der Waals surface area contributed by atoms with Gasteiger partial charge < -0.3 is 19.2 Å². The second-order valence-corrected chi connectivity index (χ2v) is 8.17. The predicted molar refractivity (Wildman–Crippen MR) is 92.9 cm³/mol. The van der Waals surface area contributed by atoms with Crippen molar-refractivity contribution < 1.29 is 0 Å². The summed E-state index contributed by atoms with van der Waals surface area (Å²) in [4.78, 5) is 9.35. The zero-order valence-electron chi connectivity index (χ0n) is 12.9. The molecule has 1 heterocycles. The van der Waals surface area contributed by atoms with Gasteiger partial charge in [-0.3, -0.25) is 0 Å². The van der Waals surface area contributed by atoms with E-state index < -0.39 is 0 Å². The maximum Gasteiger partial charge on any atom is 0.277 e. The van der Waals surface area contributed by atoms with Crippen LogP contribution in [0.1, 0.15) is 0 Å². The van der Waals surface area contributed by atoms with E-state index >= 15 is 0 Å². The molecule has 0 bridgehead atoms. The van der Waals surface area contributed by atoms with Gasteiger partial charge in [-0.05, 0) is 56.4 Å². The average Bonchev–Trinajstić information content (AvgIpc) is 2.26. The molecule has 100 valence electrons. The first-order chi connectivity index (χ1) is 8.25. The minimum absolute atomic E-state index is 0.522. The molecule has 0 saturated carbocycles. The van der Waals surface area contributed by atoms with Gasteiger partial charge in [-0.1, -0.05) is 0 Å². The molecule has 1 rings (SSSR count). The first kappa shape index (κ1) is 16.9. The van der Waals surface area contributed by atoms with E-state index in [-0.39, 0.29) is 0 Å². The summed E-state index contributed by atoms with van der Waals surface area (Å²) in [6.45, 7) is 0. The standard InChI is InChI=1S/C8H24B4N4S2/c1-13(2)9-10(14(3)4)18-12(16(7)8)11(17-9)15(5)6/h1-8H3. The van der Waals surface area contributed by atoms with E-state index in [1.807, 2.05) is 0 Å². The molecule has 0 atom stereocenters. The van der Waals surface area contributed by atoms with Crippen molar-refractivity contribution in [3.8, 4) is 0 Å². The first-order valence-electron chi connectivity index (χ1n) is 6.22. The largest absolute Gasteiger partial charge is 0.343 e. The van der Waals surface area contributed by atoms with E-state index in [1.54, 1.807) is 0 Å². The monoisotopic (exact) mass is 284 g/mol. The van der Waals surface area contributed by atoms with Gasteiger partial charge in [-0.2, -0.15) is 0 Å². The number of nitrogens with zero attached hydrogens (tertiary/aromatic N) is 4. The molecule has 1 fully saturated rings. The summed E-state index contributed by atoms with van der Waals surface area (Å²) in [7, 11) is 17.4. The van der Waals surface area contributed by atoms with Crippen LogP contribution in [0.5, 0.6) is 0 Å². The van der Waals surface area contributed by atoms with Gasteiger partial charge >= 0.3 is 0 Å². The topological polar surface area (TPSA) is 13.0 Å². The van der Waals surface area contributed by atoms with Crippen LogP contribution in [0.3, 0.4) is 0 Å². The molecule has 0 unspecified atom stereocenters. The van der Waals surface area contributed by atoms with Crippen LogP contribution in [-0.2, 0) is 0 Å². The molecule has 0 N–H and O–H groups in total. The number of hydrogen-bond acceptors (Lipinski definition) is 6. The van der Waals surface area contributed by atoms with Crippen molar-refractivity contribution in [2.75, 3.05) is 56.4 Å². The van der Waals surface area contributed by atoms with Gasteiger partial charge in [0.15, 0.2) is 0 Å². The summed E-state index contributed by atoms with van der Waals surface area (Å²) in [6, 6.07) is 2.09. The maximum absolute atomic E-state index is 2.34. The quantitative estimate of drug-likeness (QED) is 0.660. The first-order valence-corrected chi connectivity index (χ1v) is 8.11. The fraction of sp³-hybridized carbons (Fsp3) is 1.00. The molecule has 0 aliphatic carbocycles. The minimum atomic E-state index is 0.522. The molecule has 1 aliphatic rings. The van der Waals surface area contributed by atoms with Gasteiger partial charge in [0.2, 0.25) is 0 Å². The zero-order valence-corrected chi connectivity index (χ0v) is 14.5. The molecule has 0 spiro atoms. The molecule has 4 nitrogen and oxygen atoms in total. The van der Waals surface area contributed by atoms with Crippen molar-refractivity contribution in [3.63, 3.8) is 0 Å². The van der Waals surface area contributed by atoms with Gasteiger partial charge in [0.05, 0.1) is 0 Å². The maximum atomic E-state index is 2.34. The Morgan fingerprint density at radius 1 is 0.444 bits per heavy atom. The highest BCUT2D eigenvalue weighted by Gasteiger charge is 2.51. The Kier molecular flexibility index (Phi) is 6.55. The fourth-order valence-corrected chi connectivity index (χ4v) is 5.89. The van der Waals surface area contributed by atoms with Gasteiger partial charge in [0, 0.05) is 0 Å². The van der Waals surface area contributed by atoms with Gasteiger partial charge in [-0.15, -0.1) is 0 Å². The van der Waals surface area contributed by atoms with Gasteiger partial charge in [0.1, 0.15) is 0 Å². The lowest BCUT2D eigenvalue weighted by Crippen LogP contribution is -2.65. The average molecular weight is 284 g/mol. The lowest BCUT2D eigenvalue weighted by atomic mass is 9.46. The Bertz CT molecular complexity index is 219. The van der Waals surface area contributed by atoms with E-state index in [1.165, 1.54) is 0 Å². The third-order valence-electron chi connectivity index (χ3n) is 3.08. The third-order valence-corrected chi connectivity index (χ3v) is 7.26. The molecule has 10 heteroatoms. The van der Waals surface area contributed by atoms with Crippen LogP contribution < -0.4 is 0 Å². The van der Waals surface area contributed by atoms with Crippen molar-refractivity contribution in [1.29, 1.82) is 0 Å². The Morgan fingerprint density at radius 2 is 0.611 bits per heavy atom. The molecule has 0 radical (unpaired) electrons. The molecule has 1 aliphatic heterocycles. The summed E-state index contributed by atoms with van der Waals surface area (Å²) in [5.74, 6) is 0. The molecule has 0 aromatic rings. The SMILES string of the molecule is CN(C)B1SB(N(C)C)B(N(C)C)SB1N(C)C. The van der Waals surface area contributed by atoms with E-state index in [4.69, 9.17) is 0 Å². The van der Waals surface area contributed by atoms with Crippen LogP contribution in [-0.4, -0.2) is 99.7 Å². The summed E-state index contributed by atoms with van der Waals surface area (Å²) >= 11 is 4.14. The van der Waals surface area contributed by atoms with Crippen molar-refractivity contribution in [3.05, 3.63) is 0 Å². The Hall–Kier alpha value is 0.800. The minimum Gasteiger partial charge on any atom is -0.343 e. The lowest BCUT2D eigenvalue weighted by molar-refractivity contribution is 0.635. The van der Waals surface area contributed by atoms with Crippen molar-refractivity contribution in [2.24, 2.45) is 0 Å². The molecular weight excluding hydrogens is 259 g/mol. The summed E-state index contributed by atoms with van der Waals surface area (Å²) in [5, 5.41) is 0. The fourth-order valence-electron chi connectivity index (χ4n) is 2.06. The Morgan fingerprint density at radius 3 is 0.722 bits per heavy atom. The Labute approximate surface area is 123 Å². The number of rotatable bonds is 4. The van der Waals surface area contributed by atoms with Gasteiger partial charge in [0.25, 0.3) is 24.1 Å². The molecule has 0 aromatic heterocycles. The normalized spacial score (nSPS) is 18.0. The van der Waals surface area contributed by atoms with Crippen molar-refractivity contribution >= 4 is 47.0 Å². The van der Waals surface area contributed by atoms with Gasteiger partial charge in [-0.25, -0.2) is 22.9 Å². The smallest absolute Gasteiger partial charge is 0.277 e. The van der Waals surface area contributed by atoms with Crippen molar-refractivity contribution in [2.45, 2.75) is 0 Å². The van der Waals surface area contributed by atoms with E-state index in [2.05, 4.69) is 98.6 Å². The van der Waals surface area contributed by atoms with E-state index in [0.717, 1.165) is 0 Å². The third kappa shape index (κ3) is 3.90. The van der Waals surface area contributed by atoms with Crippen LogP contribution in [0.15, 0.2) is 0 Å². The van der Waals surface area contributed by atoms with Crippen LogP contribution >= 0.6 is 22.9 Å². The van der Waals surface area contributed by atoms with Crippen LogP contribution in [0, 0.1) is 0 Å². The summed E-state index contributed by atoms with van der Waals surface area (Å²) in [5.41, 5.74) is 0. The summed E-state index contributed by atoms with van der Waals surface area (Å²) < 4.78 is 0. The van der Waals surface area contributed by atoms with Crippen LogP contribution in [0.4, 0.5) is 0 Å². The van der Waals surface area contributed by atoms with E-state index in [9.17, 15) is 0 Å². The van der Waals surface area contributed by atoms with E-state index in [0.29, 0.717) is 24.1 Å². The molecule has 0 aromatic carbocycles. The highest BCUT2D eigenvalue weighted by molar-refractivity contribution is 8.71. The lowest BCUT2D eigenvalue weighted by Gasteiger charge is -2.43. The second-order valence-electron chi connectivity index (χ2n) is 5.69. The Balaban J connectivity index is 2.91. The van der Waals surface area contributed by atoms with Crippen LogP contribution in [0.2, 0.25) is 0 Å². The molecule has 1 saturated heterocycles. The molecule has 0 amide bonds. The molecule has 18 heavy (non-hydrogen) atoms. The summed E-state index contributed by atoms with van der Waals surface area (Å²) in [6.07, 6.45) is 0. The second kappa shape index (κ2) is 6.99.